The van der Waals surface area contributed by atoms with Gasteiger partial charge in [0.1, 0.15) is 11.9 Å². The predicted octanol–water partition coefficient (Wildman–Crippen LogP) is 1.56. The molecule has 0 saturated carbocycles. The average molecular weight is 381 g/mol. The van der Waals surface area contributed by atoms with Gasteiger partial charge in [0.25, 0.3) is 0 Å². The summed E-state index contributed by atoms with van der Waals surface area (Å²) in [4.78, 5) is 12.1. The smallest absolute Gasteiger partial charge is 0.387 e. The van der Waals surface area contributed by atoms with E-state index in [0.717, 1.165) is 6.42 Å². The third-order valence-electron chi connectivity index (χ3n) is 3.89. The van der Waals surface area contributed by atoms with Crippen LogP contribution in [0.1, 0.15) is 18.4 Å². The Labute approximate surface area is 149 Å². The van der Waals surface area contributed by atoms with E-state index in [1.165, 1.54) is 12.1 Å². The number of rotatable bonds is 6. The topological polar surface area (TPSA) is 92.0 Å². The highest BCUT2D eigenvalue weighted by atomic mass is 35.5. The molecule has 10 heteroatoms. The molecule has 3 N–H and O–H groups in total. The summed E-state index contributed by atoms with van der Waals surface area (Å²) in [5, 5.41) is 2.66. The van der Waals surface area contributed by atoms with Crippen molar-refractivity contribution in [3.63, 3.8) is 0 Å². The van der Waals surface area contributed by atoms with Crippen LogP contribution in [0.2, 0.25) is 0 Å². The number of nitrogens with one attached hydrogen (secondary N) is 1. The highest BCUT2D eigenvalue weighted by molar-refractivity contribution is 5.85. The Morgan fingerprint density at radius 2 is 2.04 bits per heavy atom. The summed E-state index contributed by atoms with van der Waals surface area (Å²) in [5.74, 6) is 0.361. The van der Waals surface area contributed by atoms with Gasteiger partial charge in [0, 0.05) is 24.7 Å². The van der Waals surface area contributed by atoms with Crippen LogP contribution in [0.15, 0.2) is 12.1 Å². The Morgan fingerprint density at radius 3 is 2.68 bits per heavy atom. The van der Waals surface area contributed by atoms with Crippen LogP contribution in [0.25, 0.3) is 0 Å². The maximum atomic E-state index is 12.6. The number of amides is 1. The zero-order chi connectivity index (χ0) is 17.1. The summed E-state index contributed by atoms with van der Waals surface area (Å²) in [5.41, 5.74) is 5.87. The largest absolute Gasteiger partial charge is 0.454 e. The summed E-state index contributed by atoms with van der Waals surface area (Å²) in [6.45, 7) is -2.61. The van der Waals surface area contributed by atoms with Crippen molar-refractivity contribution >= 4 is 18.3 Å². The van der Waals surface area contributed by atoms with Gasteiger partial charge in [-0.2, -0.15) is 8.78 Å². The van der Waals surface area contributed by atoms with Crippen molar-refractivity contribution in [2.45, 2.75) is 38.2 Å². The fourth-order valence-electron chi connectivity index (χ4n) is 2.68. The summed E-state index contributed by atoms with van der Waals surface area (Å²) in [6.07, 6.45) is 0.601. The first-order chi connectivity index (χ1) is 11.6. The van der Waals surface area contributed by atoms with Crippen molar-refractivity contribution < 1.29 is 32.5 Å². The summed E-state index contributed by atoms with van der Waals surface area (Å²) >= 11 is 0. The maximum Gasteiger partial charge on any atom is 0.387 e. The van der Waals surface area contributed by atoms with Gasteiger partial charge in [-0.3, -0.25) is 4.79 Å². The second-order valence-electron chi connectivity index (χ2n) is 5.47. The fourth-order valence-corrected chi connectivity index (χ4v) is 2.68. The van der Waals surface area contributed by atoms with Crippen LogP contribution in [0.3, 0.4) is 0 Å². The van der Waals surface area contributed by atoms with Gasteiger partial charge in [0.05, 0.1) is 6.10 Å². The predicted molar refractivity (Wildman–Crippen MR) is 85.2 cm³/mol. The molecule has 0 aromatic heterocycles. The molecule has 1 fully saturated rings. The van der Waals surface area contributed by atoms with Gasteiger partial charge in [0.2, 0.25) is 12.7 Å². The van der Waals surface area contributed by atoms with Crippen LogP contribution in [-0.4, -0.2) is 38.1 Å². The maximum absolute atomic E-state index is 12.6. The Hall–Kier alpha value is -1.84. The molecular formula is C15H19ClF2N2O5. The number of hydrogen-bond donors (Lipinski definition) is 2. The van der Waals surface area contributed by atoms with Gasteiger partial charge >= 0.3 is 6.61 Å². The third kappa shape index (κ3) is 4.62. The van der Waals surface area contributed by atoms with Crippen molar-refractivity contribution in [1.29, 1.82) is 0 Å². The minimum absolute atomic E-state index is 0. The SMILES string of the molecule is Cl.NC[C@H]1CC[C@@H](C(=O)NCc2cc3c(cc2OC(F)F)OCO3)O1. The molecule has 2 aliphatic rings. The molecule has 7 nitrogen and oxygen atoms in total. The van der Waals surface area contributed by atoms with E-state index in [9.17, 15) is 13.6 Å². The van der Waals surface area contributed by atoms with Gasteiger partial charge in [-0.15, -0.1) is 12.4 Å². The second kappa shape index (κ2) is 8.50. The van der Waals surface area contributed by atoms with E-state index in [1.807, 2.05) is 0 Å². The van der Waals surface area contributed by atoms with Crippen molar-refractivity contribution in [2.24, 2.45) is 5.73 Å². The molecule has 0 unspecified atom stereocenters. The molecule has 25 heavy (non-hydrogen) atoms. The highest BCUT2D eigenvalue weighted by Crippen LogP contribution is 2.38. The lowest BCUT2D eigenvalue weighted by Crippen LogP contribution is -2.35. The number of benzene rings is 1. The molecule has 0 spiro atoms. The molecule has 2 heterocycles. The van der Waals surface area contributed by atoms with Crippen LogP contribution in [0, 0.1) is 0 Å². The Balaban J connectivity index is 0.00000225. The molecule has 1 amide bonds. The van der Waals surface area contributed by atoms with Crippen LogP contribution in [-0.2, 0) is 16.1 Å². The first-order valence-electron chi connectivity index (χ1n) is 7.57. The van der Waals surface area contributed by atoms with Crippen molar-refractivity contribution in [3.8, 4) is 17.2 Å². The number of alkyl halides is 2. The van der Waals surface area contributed by atoms with Gasteiger partial charge in [-0.1, -0.05) is 0 Å². The number of fused-ring (bicyclic) bond motifs is 1. The third-order valence-corrected chi connectivity index (χ3v) is 3.89. The molecule has 2 atom stereocenters. The number of carbonyl (C=O) groups is 1. The Morgan fingerprint density at radius 1 is 1.32 bits per heavy atom. The van der Waals surface area contributed by atoms with E-state index in [-0.39, 0.29) is 43.5 Å². The first-order valence-corrected chi connectivity index (χ1v) is 7.57. The van der Waals surface area contributed by atoms with Crippen molar-refractivity contribution in [2.75, 3.05) is 13.3 Å². The standard InChI is InChI=1S/C15H18F2N2O5.ClH/c16-15(17)24-11-4-13-12(21-7-22-13)3-8(11)6-19-14(20)10-2-1-9(5-18)23-10;/h3-4,9-10,15H,1-2,5-7,18H2,(H,19,20);1H/t9-,10+;/m1./s1. The summed E-state index contributed by atoms with van der Waals surface area (Å²) in [7, 11) is 0. The lowest BCUT2D eigenvalue weighted by atomic mass is 10.1. The zero-order valence-corrected chi connectivity index (χ0v) is 14.0. The van der Waals surface area contributed by atoms with Crippen LogP contribution in [0.4, 0.5) is 8.78 Å². The number of hydrogen-bond acceptors (Lipinski definition) is 6. The Kier molecular flexibility index (Phi) is 6.63. The monoisotopic (exact) mass is 380 g/mol. The molecule has 1 aromatic carbocycles. The molecule has 0 bridgehead atoms. The van der Waals surface area contributed by atoms with E-state index in [0.29, 0.717) is 30.0 Å². The van der Waals surface area contributed by atoms with E-state index in [1.54, 1.807) is 0 Å². The van der Waals surface area contributed by atoms with E-state index in [2.05, 4.69) is 10.1 Å². The van der Waals surface area contributed by atoms with Crippen LogP contribution in [0.5, 0.6) is 17.2 Å². The molecule has 1 saturated heterocycles. The van der Waals surface area contributed by atoms with Gasteiger partial charge in [0.15, 0.2) is 11.5 Å². The number of carbonyl (C=O) groups excluding carboxylic acids is 1. The van der Waals surface area contributed by atoms with Crippen molar-refractivity contribution in [1.82, 2.24) is 5.32 Å². The molecule has 140 valence electrons. The average Bonchev–Trinajstić information content (AvgIpc) is 3.20. The van der Waals surface area contributed by atoms with Crippen LogP contribution < -0.4 is 25.3 Å². The molecular weight excluding hydrogens is 362 g/mol. The highest BCUT2D eigenvalue weighted by Gasteiger charge is 2.30. The molecule has 1 aromatic rings. The van der Waals surface area contributed by atoms with Crippen molar-refractivity contribution in [3.05, 3.63) is 17.7 Å². The lowest BCUT2D eigenvalue weighted by Gasteiger charge is -2.15. The molecule has 0 aliphatic carbocycles. The van der Waals surface area contributed by atoms with Gasteiger partial charge < -0.3 is 30.0 Å². The summed E-state index contributed by atoms with van der Waals surface area (Å²) in [6, 6.07) is 2.84. The minimum Gasteiger partial charge on any atom is -0.454 e. The molecule has 0 radical (unpaired) electrons. The first kappa shape index (κ1) is 19.5. The van der Waals surface area contributed by atoms with Crippen LogP contribution >= 0.6 is 12.4 Å². The molecule has 2 aliphatic heterocycles. The number of halogens is 3. The van der Waals surface area contributed by atoms with Gasteiger partial charge in [-0.05, 0) is 18.9 Å². The quantitative estimate of drug-likeness (QED) is 0.778. The zero-order valence-electron chi connectivity index (χ0n) is 13.2. The van der Waals surface area contributed by atoms with E-state index >= 15 is 0 Å². The Bertz CT molecular complexity index is 620. The normalized spacial score (nSPS) is 21.1. The minimum atomic E-state index is -2.98. The van der Waals surface area contributed by atoms with E-state index < -0.39 is 12.7 Å². The summed E-state index contributed by atoms with van der Waals surface area (Å²) < 4.78 is 45.5. The second-order valence-corrected chi connectivity index (χ2v) is 5.47. The number of nitrogens with two attached hydrogens (primary N) is 1. The lowest BCUT2D eigenvalue weighted by molar-refractivity contribution is -0.132. The fraction of sp³-hybridized carbons (Fsp3) is 0.533. The van der Waals surface area contributed by atoms with Gasteiger partial charge in [-0.25, -0.2) is 0 Å². The molecule has 3 rings (SSSR count). The van der Waals surface area contributed by atoms with E-state index in [4.69, 9.17) is 19.9 Å². The number of ether oxygens (including phenoxy) is 4.